The molecule has 2 fully saturated rings. The Morgan fingerprint density at radius 2 is 2.17 bits per heavy atom. The van der Waals surface area contributed by atoms with Crippen LogP contribution in [0.15, 0.2) is 33.7 Å². The van der Waals surface area contributed by atoms with Crippen molar-refractivity contribution in [1.29, 1.82) is 0 Å². The molecule has 3 atom stereocenters. The van der Waals surface area contributed by atoms with Gasteiger partial charge in [-0.2, -0.15) is 0 Å². The van der Waals surface area contributed by atoms with Gasteiger partial charge in [-0.3, -0.25) is 4.99 Å². The van der Waals surface area contributed by atoms with Crippen molar-refractivity contribution in [1.82, 2.24) is 10.2 Å². The second-order valence-electron chi connectivity index (χ2n) is 7.18. The van der Waals surface area contributed by atoms with Gasteiger partial charge in [-0.1, -0.05) is 48.0 Å². The molecule has 1 aliphatic heterocycles. The molecule has 0 aromatic heterocycles. The number of halogens is 1. The first kappa shape index (κ1) is 16.8. The molecule has 1 aromatic carbocycles. The van der Waals surface area contributed by atoms with Crippen LogP contribution in [0.1, 0.15) is 25.8 Å². The van der Waals surface area contributed by atoms with E-state index in [4.69, 9.17) is 4.74 Å². The number of aliphatic imine (C=N–C) groups is 1. The van der Waals surface area contributed by atoms with Gasteiger partial charge in [0.15, 0.2) is 5.96 Å². The summed E-state index contributed by atoms with van der Waals surface area (Å²) in [7, 11) is 3.94. The number of guanidine groups is 1. The fraction of sp³-hybridized carbons (Fsp3) is 0.611. The molecule has 0 spiro atoms. The summed E-state index contributed by atoms with van der Waals surface area (Å²) in [5.41, 5.74) is 1.42. The van der Waals surface area contributed by atoms with Crippen molar-refractivity contribution in [2.24, 2.45) is 16.3 Å². The first-order chi connectivity index (χ1) is 10.9. The Hall–Kier alpha value is -1.07. The zero-order valence-corrected chi connectivity index (χ0v) is 15.9. The topological polar surface area (TPSA) is 36.9 Å². The first-order valence-electron chi connectivity index (χ1n) is 8.24. The maximum absolute atomic E-state index is 5.88. The second kappa shape index (κ2) is 6.44. The fourth-order valence-electron chi connectivity index (χ4n) is 4.06. The minimum atomic E-state index is 0.158. The Balaban J connectivity index is 1.67. The molecular weight excluding hydrogens is 354 g/mol. The van der Waals surface area contributed by atoms with E-state index in [9.17, 15) is 0 Å². The van der Waals surface area contributed by atoms with Crippen LogP contribution in [-0.2, 0) is 11.3 Å². The van der Waals surface area contributed by atoms with Gasteiger partial charge in [0.25, 0.3) is 0 Å². The van der Waals surface area contributed by atoms with Gasteiger partial charge in [-0.25, -0.2) is 0 Å². The maximum atomic E-state index is 5.88. The molecule has 126 valence electrons. The molecule has 0 bridgehead atoms. The van der Waals surface area contributed by atoms with Crippen LogP contribution in [0.2, 0.25) is 0 Å². The van der Waals surface area contributed by atoms with Crippen molar-refractivity contribution in [3.05, 3.63) is 34.3 Å². The van der Waals surface area contributed by atoms with E-state index in [1.165, 1.54) is 5.56 Å². The lowest BCUT2D eigenvalue weighted by Gasteiger charge is -2.55. The number of hydrogen-bond acceptors (Lipinski definition) is 2. The predicted molar refractivity (Wildman–Crippen MR) is 97.5 cm³/mol. The Morgan fingerprint density at radius 1 is 1.43 bits per heavy atom. The van der Waals surface area contributed by atoms with Gasteiger partial charge in [-0.05, 0) is 18.1 Å². The lowest BCUT2D eigenvalue weighted by molar-refractivity contribution is -0.107. The zero-order valence-electron chi connectivity index (χ0n) is 14.3. The molecule has 3 rings (SSSR count). The summed E-state index contributed by atoms with van der Waals surface area (Å²) in [4.78, 5) is 6.67. The van der Waals surface area contributed by atoms with Crippen molar-refractivity contribution < 1.29 is 4.74 Å². The Kier molecular flexibility index (Phi) is 4.70. The van der Waals surface area contributed by atoms with E-state index in [-0.39, 0.29) is 5.41 Å². The molecule has 5 heteroatoms. The van der Waals surface area contributed by atoms with Gasteiger partial charge in [0.2, 0.25) is 0 Å². The average molecular weight is 380 g/mol. The van der Waals surface area contributed by atoms with E-state index in [1.807, 2.05) is 13.1 Å². The van der Waals surface area contributed by atoms with Crippen molar-refractivity contribution in [2.45, 2.75) is 39.0 Å². The largest absolute Gasteiger partial charge is 0.377 e. The number of nitrogens with zero attached hydrogens (tertiary/aromatic N) is 2. The molecule has 0 radical (unpaired) electrons. The highest BCUT2D eigenvalue weighted by molar-refractivity contribution is 9.10. The summed E-state index contributed by atoms with van der Waals surface area (Å²) < 4.78 is 7.02. The lowest BCUT2D eigenvalue weighted by Crippen LogP contribution is -2.67. The second-order valence-corrected chi connectivity index (χ2v) is 8.04. The van der Waals surface area contributed by atoms with Gasteiger partial charge in [0.05, 0.1) is 6.10 Å². The fourth-order valence-corrected chi connectivity index (χ4v) is 4.47. The first-order valence-corrected chi connectivity index (χ1v) is 9.04. The number of hydrogen-bond donors (Lipinski definition) is 1. The summed E-state index contributed by atoms with van der Waals surface area (Å²) in [6.07, 6.45) is 1.54. The Bertz CT molecular complexity index is 602. The molecule has 23 heavy (non-hydrogen) atoms. The molecule has 1 heterocycles. The molecule has 3 unspecified atom stereocenters. The van der Waals surface area contributed by atoms with Gasteiger partial charge >= 0.3 is 0 Å². The van der Waals surface area contributed by atoms with E-state index >= 15 is 0 Å². The van der Waals surface area contributed by atoms with Crippen molar-refractivity contribution in [3.8, 4) is 0 Å². The van der Waals surface area contributed by atoms with Crippen LogP contribution in [0.25, 0.3) is 0 Å². The molecular formula is C18H26BrN3O. The molecule has 4 nitrogen and oxygen atoms in total. The van der Waals surface area contributed by atoms with Crippen LogP contribution >= 0.6 is 15.9 Å². The number of benzene rings is 1. The monoisotopic (exact) mass is 379 g/mol. The summed E-state index contributed by atoms with van der Waals surface area (Å²) in [5.74, 6) is 1.56. The van der Waals surface area contributed by atoms with E-state index in [0.717, 1.165) is 30.0 Å². The quantitative estimate of drug-likeness (QED) is 0.646. The molecule has 0 amide bonds. The Labute approximate surface area is 147 Å². The maximum Gasteiger partial charge on any atom is 0.193 e. The highest BCUT2D eigenvalue weighted by atomic mass is 79.9. The minimum absolute atomic E-state index is 0.158. The van der Waals surface area contributed by atoms with Gasteiger partial charge in [-0.15, -0.1) is 0 Å². The summed E-state index contributed by atoms with van der Waals surface area (Å²) in [5, 5.41) is 3.68. The van der Waals surface area contributed by atoms with E-state index in [2.05, 4.69) is 70.2 Å². The number of ether oxygens (including phenoxy) is 1. The van der Waals surface area contributed by atoms with Crippen LogP contribution in [0, 0.1) is 11.3 Å². The predicted octanol–water partition coefficient (Wildman–Crippen LogP) is 3.27. The van der Waals surface area contributed by atoms with Crippen LogP contribution < -0.4 is 5.32 Å². The van der Waals surface area contributed by atoms with Crippen LogP contribution in [-0.4, -0.2) is 43.7 Å². The third-order valence-corrected chi connectivity index (χ3v) is 6.10. The van der Waals surface area contributed by atoms with Crippen LogP contribution in [0.5, 0.6) is 0 Å². The third-order valence-electron chi connectivity index (χ3n) is 5.32. The molecule has 1 saturated heterocycles. The van der Waals surface area contributed by atoms with Crippen molar-refractivity contribution in [2.75, 3.05) is 20.7 Å². The van der Waals surface area contributed by atoms with E-state index in [0.29, 0.717) is 18.1 Å². The standard InChI is InChI=1S/C18H26BrN3O/c1-18(2)15(13-9-10-23-16(13)18)21-17(20-3)22(4)11-12-7-5-6-8-14(12)19/h5-8,13,15-16H,9-11H2,1-4H3,(H,20,21). The summed E-state index contributed by atoms with van der Waals surface area (Å²) in [6, 6.07) is 8.75. The van der Waals surface area contributed by atoms with E-state index < -0.39 is 0 Å². The molecule has 1 saturated carbocycles. The highest BCUT2D eigenvalue weighted by Gasteiger charge is 2.59. The van der Waals surface area contributed by atoms with Crippen LogP contribution in [0.3, 0.4) is 0 Å². The summed E-state index contributed by atoms with van der Waals surface area (Å²) >= 11 is 3.62. The molecule has 1 N–H and O–H groups in total. The number of fused-ring (bicyclic) bond motifs is 1. The highest BCUT2D eigenvalue weighted by Crippen LogP contribution is 2.52. The molecule has 1 aliphatic carbocycles. The molecule has 2 aliphatic rings. The minimum Gasteiger partial charge on any atom is -0.377 e. The number of nitrogens with one attached hydrogen (secondary N) is 1. The van der Waals surface area contributed by atoms with Gasteiger partial charge < -0.3 is 15.0 Å². The van der Waals surface area contributed by atoms with Crippen molar-refractivity contribution in [3.63, 3.8) is 0 Å². The van der Waals surface area contributed by atoms with Crippen molar-refractivity contribution >= 4 is 21.9 Å². The average Bonchev–Trinajstić information content (AvgIpc) is 2.97. The van der Waals surface area contributed by atoms with Crippen LogP contribution in [0.4, 0.5) is 0 Å². The molecule has 1 aromatic rings. The SMILES string of the molecule is CN=C(NC1C2CCOC2C1(C)C)N(C)Cc1ccccc1Br. The van der Waals surface area contributed by atoms with Gasteiger partial charge in [0.1, 0.15) is 0 Å². The normalized spacial score (nSPS) is 28.9. The number of rotatable bonds is 3. The third kappa shape index (κ3) is 3.01. The summed E-state index contributed by atoms with van der Waals surface area (Å²) in [6.45, 7) is 6.29. The van der Waals surface area contributed by atoms with Gasteiger partial charge in [0, 0.05) is 49.1 Å². The van der Waals surface area contributed by atoms with E-state index in [1.54, 1.807) is 0 Å². The smallest absolute Gasteiger partial charge is 0.193 e. The Morgan fingerprint density at radius 3 is 2.87 bits per heavy atom. The lowest BCUT2D eigenvalue weighted by atomic mass is 9.57. The zero-order chi connectivity index (χ0) is 16.6.